The van der Waals surface area contributed by atoms with Gasteiger partial charge in [-0.3, -0.25) is 19.3 Å². The van der Waals surface area contributed by atoms with Gasteiger partial charge in [0.25, 0.3) is 11.8 Å². The molecule has 0 fully saturated rings. The Hall–Kier alpha value is -3.15. The van der Waals surface area contributed by atoms with E-state index in [2.05, 4.69) is 0 Å². The average Bonchev–Trinajstić information content (AvgIpc) is 2.89. The van der Waals surface area contributed by atoms with Crippen LogP contribution in [0.2, 0.25) is 0 Å². The van der Waals surface area contributed by atoms with Crippen LogP contribution in [0.25, 0.3) is 0 Å². The molecule has 26 heavy (non-hydrogen) atoms. The number of fused-ring (bicyclic) bond motifs is 1. The van der Waals surface area contributed by atoms with E-state index in [9.17, 15) is 14.4 Å². The van der Waals surface area contributed by atoms with E-state index in [0.717, 1.165) is 0 Å². The Bertz CT molecular complexity index is 811. The predicted octanol–water partition coefficient (Wildman–Crippen LogP) is 3.07. The molecule has 2 aromatic carbocycles. The summed E-state index contributed by atoms with van der Waals surface area (Å²) in [5, 5.41) is 0. The fourth-order valence-corrected chi connectivity index (χ4v) is 2.81. The molecule has 2 aromatic rings. The molecule has 0 saturated carbocycles. The monoisotopic (exact) mass is 353 g/mol. The molecule has 1 heterocycles. The van der Waals surface area contributed by atoms with Crippen LogP contribution in [0, 0.1) is 0 Å². The van der Waals surface area contributed by atoms with Crippen LogP contribution in [0.1, 0.15) is 40.5 Å². The first kappa shape index (κ1) is 17.7. The van der Waals surface area contributed by atoms with E-state index in [0.29, 0.717) is 35.7 Å². The second-order valence-electron chi connectivity index (χ2n) is 5.76. The summed E-state index contributed by atoms with van der Waals surface area (Å²) in [6, 6.07) is 13.6. The molecule has 2 amide bonds. The van der Waals surface area contributed by atoms with Gasteiger partial charge in [0, 0.05) is 13.0 Å². The highest BCUT2D eigenvalue weighted by atomic mass is 16.6. The molecule has 0 bridgehead atoms. The molecule has 0 atom stereocenters. The van der Waals surface area contributed by atoms with E-state index in [4.69, 9.17) is 9.47 Å². The van der Waals surface area contributed by atoms with Gasteiger partial charge in [-0.2, -0.15) is 0 Å². The smallest absolute Gasteiger partial charge is 0.311 e. The third-order valence-corrected chi connectivity index (χ3v) is 4.01. The Kier molecular flexibility index (Phi) is 5.31. The Labute approximate surface area is 151 Å². The van der Waals surface area contributed by atoms with E-state index < -0.39 is 5.97 Å². The molecule has 1 aliphatic rings. The molecule has 6 heteroatoms. The summed E-state index contributed by atoms with van der Waals surface area (Å²) in [6.07, 6.45) is 0.426. The topological polar surface area (TPSA) is 72.9 Å². The van der Waals surface area contributed by atoms with Crippen LogP contribution in [-0.2, 0) is 4.79 Å². The van der Waals surface area contributed by atoms with Gasteiger partial charge >= 0.3 is 5.97 Å². The Balaban J connectivity index is 1.54. The largest absolute Gasteiger partial charge is 0.490 e. The summed E-state index contributed by atoms with van der Waals surface area (Å²) in [4.78, 5) is 37.8. The second-order valence-corrected chi connectivity index (χ2v) is 5.76. The SMILES string of the molecule is CCOc1ccccc1OC(=O)CCCN1C(=O)c2ccccc2C1=O. The number of benzene rings is 2. The van der Waals surface area contributed by atoms with E-state index in [1.807, 2.05) is 6.92 Å². The van der Waals surface area contributed by atoms with Gasteiger partial charge in [0.15, 0.2) is 11.5 Å². The summed E-state index contributed by atoms with van der Waals surface area (Å²) in [7, 11) is 0. The highest BCUT2D eigenvalue weighted by Crippen LogP contribution is 2.27. The maximum atomic E-state index is 12.3. The fraction of sp³-hybridized carbons (Fsp3) is 0.250. The van der Waals surface area contributed by atoms with Crippen molar-refractivity contribution in [2.75, 3.05) is 13.2 Å². The molecular formula is C20H19NO5. The zero-order valence-electron chi connectivity index (χ0n) is 14.4. The number of carbonyl (C=O) groups is 3. The molecule has 134 valence electrons. The van der Waals surface area contributed by atoms with Crippen molar-refractivity contribution in [2.45, 2.75) is 19.8 Å². The molecule has 0 aliphatic carbocycles. The van der Waals surface area contributed by atoms with Crippen LogP contribution in [-0.4, -0.2) is 35.8 Å². The number of para-hydroxylation sites is 2. The van der Waals surface area contributed by atoms with Crippen molar-refractivity contribution >= 4 is 17.8 Å². The van der Waals surface area contributed by atoms with Gasteiger partial charge < -0.3 is 9.47 Å². The van der Waals surface area contributed by atoms with Crippen LogP contribution in [0.4, 0.5) is 0 Å². The molecule has 0 N–H and O–H groups in total. The van der Waals surface area contributed by atoms with Crippen LogP contribution in [0.3, 0.4) is 0 Å². The van der Waals surface area contributed by atoms with Crippen LogP contribution in [0.15, 0.2) is 48.5 Å². The number of hydrogen-bond donors (Lipinski definition) is 0. The minimum absolute atomic E-state index is 0.0911. The van der Waals surface area contributed by atoms with E-state index >= 15 is 0 Å². The summed E-state index contributed by atoms with van der Waals surface area (Å²) in [5.74, 6) is -0.209. The first-order valence-corrected chi connectivity index (χ1v) is 8.49. The van der Waals surface area contributed by atoms with E-state index in [-0.39, 0.29) is 24.8 Å². The lowest BCUT2D eigenvalue weighted by atomic mass is 10.1. The highest BCUT2D eigenvalue weighted by Gasteiger charge is 2.34. The number of imide groups is 1. The first-order chi connectivity index (χ1) is 12.6. The fourth-order valence-electron chi connectivity index (χ4n) is 2.81. The third kappa shape index (κ3) is 3.59. The normalized spacial score (nSPS) is 12.9. The second kappa shape index (κ2) is 7.82. The number of esters is 1. The number of hydrogen-bond acceptors (Lipinski definition) is 5. The number of ether oxygens (including phenoxy) is 2. The summed E-state index contributed by atoms with van der Waals surface area (Å²) >= 11 is 0. The zero-order valence-corrected chi connectivity index (χ0v) is 14.4. The van der Waals surface area contributed by atoms with Crippen molar-refractivity contribution in [3.05, 3.63) is 59.7 Å². The van der Waals surface area contributed by atoms with Crippen molar-refractivity contribution in [1.82, 2.24) is 4.90 Å². The number of rotatable bonds is 7. The van der Waals surface area contributed by atoms with E-state index in [1.165, 1.54) is 4.90 Å². The van der Waals surface area contributed by atoms with Crippen molar-refractivity contribution in [3.63, 3.8) is 0 Å². The van der Waals surface area contributed by atoms with E-state index in [1.54, 1.807) is 48.5 Å². The highest BCUT2D eigenvalue weighted by molar-refractivity contribution is 6.21. The molecule has 0 spiro atoms. The molecular weight excluding hydrogens is 334 g/mol. The molecule has 0 radical (unpaired) electrons. The summed E-state index contributed by atoms with van der Waals surface area (Å²) in [6.45, 7) is 2.49. The van der Waals surface area contributed by atoms with Crippen molar-refractivity contribution in [3.8, 4) is 11.5 Å². The van der Waals surface area contributed by atoms with Gasteiger partial charge in [-0.05, 0) is 37.6 Å². The van der Waals surface area contributed by atoms with Crippen molar-refractivity contribution in [1.29, 1.82) is 0 Å². The number of nitrogens with zero attached hydrogens (tertiary/aromatic N) is 1. The van der Waals surface area contributed by atoms with Gasteiger partial charge in [-0.1, -0.05) is 24.3 Å². The molecule has 3 rings (SSSR count). The van der Waals surface area contributed by atoms with Crippen molar-refractivity contribution < 1.29 is 23.9 Å². The van der Waals surface area contributed by atoms with Crippen LogP contribution < -0.4 is 9.47 Å². The van der Waals surface area contributed by atoms with Crippen molar-refractivity contribution in [2.24, 2.45) is 0 Å². The van der Waals surface area contributed by atoms with Crippen LogP contribution in [0.5, 0.6) is 11.5 Å². The Morgan fingerprint density at radius 3 is 2.12 bits per heavy atom. The summed E-state index contributed by atoms with van der Waals surface area (Å²) < 4.78 is 10.7. The van der Waals surface area contributed by atoms with Crippen LogP contribution >= 0.6 is 0 Å². The maximum absolute atomic E-state index is 12.3. The predicted molar refractivity (Wildman–Crippen MR) is 94.3 cm³/mol. The first-order valence-electron chi connectivity index (χ1n) is 8.49. The number of carbonyl (C=O) groups excluding carboxylic acids is 3. The van der Waals surface area contributed by atoms with Gasteiger partial charge in [0.2, 0.25) is 0 Å². The minimum Gasteiger partial charge on any atom is -0.490 e. The molecule has 1 aliphatic heterocycles. The third-order valence-electron chi connectivity index (χ3n) is 4.01. The van der Waals surface area contributed by atoms with Gasteiger partial charge in [0.05, 0.1) is 17.7 Å². The Morgan fingerprint density at radius 1 is 0.923 bits per heavy atom. The maximum Gasteiger partial charge on any atom is 0.311 e. The standard InChI is InChI=1S/C20H19NO5/c1-2-25-16-10-5-6-11-17(16)26-18(22)12-7-13-21-19(23)14-8-3-4-9-15(14)20(21)24/h3-6,8-11H,2,7,12-13H2,1H3. The minimum atomic E-state index is -0.436. The zero-order chi connectivity index (χ0) is 18.5. The van der Waals surface area contributed by atoms with Gasteiger partial charge in [-0.15, -0.1) is 0 Å². The van der Waals surface area contributed by atoms with Gasteiger partial charge in [0.1, 0.15) is 0 Å². The molecule has 0 unspecified atom stereocenters. The lowest BCUT2D eigenvalue weighted by Gasteiger charge is -2.13. The quantitative estimate of drug-likeness (QED) is 0.434. The average molecular weight is 353 g/mol. The number of amides is 2. The summed E-state index contributed by atoms with van der Waals surface area (Å²) in [5.41, 5.74) is 0.816. The van der Waals surface area contributed by atoms with Gasteiger partial charge in [-0.25, -0.2) is 0 Å². The lowest BCUT2D eigenvalue weighted by molar-refractivity contribution is -0.134. The Morgan fingerprint density at radius 2 is 1.50 bits per heavy atom. The lowest BCUT2D eigenvalue weighted by Crippen LogP contribution is -2.31. The molecule has 0 aromatic heterocycles. The molecule has 6 nitrogen and oxygen atoms in total. The molecule has 0 saturated heterocycles.